The first-order valence-electron chi connectivity index (χ1n) is 9.36. The van der Waals surface area contributed by atoms with Crippen molar-refractivity contribution in [1.82, 2.24) is 0 Å². The first-order valence-corrected chi connectivity index (χ1v) is 9.36. The molecular weight excluding hydrogens is 358 g/mol. The third kappa shape index (κ3) is 4.99. The van der Waals surface area contributed by atoms with Crippen molar-refractivity contribution in [3.63, 3.8) is 0 Å². The molecule has 5 heteroatoms. The standard InChI is InChI=1S/C24H23N5/c25-17-1-5-19(6-2-17)27-21-9-13-23(14-10-21)29-24-15-11-22(12-16-24)28-20-7-3-18(26)4-8-20/h1-16,27-29H,25-26H2. The number of nitrogens with two attached hydrogens (primary N) is 2. The van der Waals surface area contributed by atoms with Crippen molar-refractivity contribution in [3.05, 3.63) is 97.1 Å². The normalized spacial score (nSPS) is 10.3. The smallest absolute Gasteiger partial charge is 0.0385 e. The second-order valence-electron chi connectivity index (χ2n) is 6.77. The lowest BCUT2D eigenvalue weighted by molar-refractivity contribution is 1.50. The lowest BCUT2D eigenvalue weighted by Gasteiger charge is -2.11. The van der Waals surface area contributed by atoms with E-state index in [-0.39, 0.29) is 0 Å². The predicted molar refractivity (Wildman–Crippen MR) is 124 cm³/mol. The maximum atomic E-state index is 5.72. The summed E-state index contributed by atoms with van der Waals surface area (Å²) >= 11 is 0. The van der Waals surface area contributed by atoms with Crippen LogP contribution in [-0.2, 0) is 0 Å². The lowest BCUT2D eigenvalue weighted by atomic mass is 10.2. The molecule has 0 saturated heterocycles. The minimum absolute atomic E-state index is 0.754. The number of benzene rings is 4. The van der Waals surface area contributed by atoms with Crippen molar-refractivity contribution in [3.8, 4) is 0 Å². The molecule has 4 aromatic rings. The van der Waals surface area contributed by atoms with Crippen molar-refractivity contribution >= 4 is 45.5 Å². The van der Waals surface area contributed by atoms with Crippen LogP contribution in [-0.4, -0.2) is 0 Å². The molecule has 0 aliphatic heterocycles. The minimum atomic E-state index is 0.754. The van der Waals surface area contributed by atoms with Gasteiger partial charge in [-0.3, -0.25) is 0 Å². The molecule has 0 atom stereocenters. The van der Waals surface area contributed by atoms with Crippen LogP contribution in [0.1, 0.15) is 0 Å². The van der Waals surface area contributed by atoms with E-state index in [2.05, 4.69) is 16.0 Å². The zero-order chi connectivity index (χ0) is 20.1. The highest BCUT2D eigenvalue weighted by atomic mass is 14.9. The fourth-order valence-corrected chi connectivity index (χ4v) is 2.91. The van der Waals surface area contributed by atoms with Crippen LogP contribution in [0, 0.1) is 0 Å². The molecule has 29 heavy (non-hydrogen) atoms. The summed E-state index contributed by atoms with van der Waals surface area (Å²) in [5, 5.41) is 10.1. The van der Waals surface area contributed by atoms with Crippen LogP contribution in [0.5, 0.6) is 0 Å². The van der Waals surface area contributed by atoms with Crippen molar-refractivity contribution in [2.45, 2.75) is 0 Å². The molecule has 0 radical (unpaired) electrons. The van der Waals surface area contributed by atoms with Gasteiger partial charge in [0, 0.05) is 45.5 Å². The average Bonchev–Trinajstić information content (AvgIpc) is 2.74. The minimum Gasteiger partial charge on any atom is -0.399 e. The van der Waals surface area contributed by atoms with Gasteiger partial charge in [0.1, 0.15) is 0 Å². The number of hydrogen-bond acceptors (Lipinski definition) is 5. The molecule has 0 aliphatic carbocycles. The van der Waals surface area contributed by atoms with E-state index in [4.69, 9.17) is 11.5 Å². The molecule has 0 saturated carbocycles. The molecule has 4 aromatic carbocycles. The average molecular weight is 381 g/mol. The largest absolute Gasteiger partial charge is 0.399 e. The van der Waals surface area contributed by atoms with Gasteiger partial charge in [-0.1, -0.05) is 0 Å². The maximum Gasteiger partial charge on any atom is 0.0385 e. The first kappa shape index (κ1) is 18.3. The molecule has 0 aliphatic rings. The Morgan fingerprint density at radius 2 is 0.483 bits per heavy atom. The first-order chi connectivity index (χ1) is 14.1. The number of hydrogen-bond donors (Lipinski definition) is 5. The van der Waals surface area contributed by atoms with Crippen LogP contribution < -0.4 is 27.4 Å². The van der Waals surface area contributed by atoms with E-state index >= 15 is 0 Å². The molecule has 4 rings (SSSR count). The molecular formula is C24H23N5. The monoisotopic (exact) mass is 381 g/mol. The summed E-state index contributed by atoms with van der Waals surface area (Å²) in [4.78, 5) is 0. The van der Waals surface area contributed by atoms with Crippen LogP contribution in [0.25, 0.3) is 0 Å². The third-order valence-electron chi connectivity index (χ3n) is 4.46. The van der Waals surface area contributed by atoms with Crippen LogP contribution in [0.15, 0.2) is 97.1 Å². The Labute approximate surface area is 170 Å². The van der Waals surface area contributed by atoms with Gasteiger partial charge < -0.3 is 27.4 Å². The fourth-order valence-electron chi connectivity index (χ4n) is 2.91. The van der Waals surface area contributed by atoms with Gasteiger partial charge in [0.15, 0.2) is 0 Å². The van der Waals surface area contributed by atoms with Gasteiger partial charge in [0.25, 0.3) is 0 Å². The Bertz CT molecular complexity index is 965. The molecule has 0 heterocycles. The summed E-state index contributed by atoms with van der Waals surface area (Å²) in [7, 11) is 0. The SMILES string of the molecule is Nc1ccc(Nc2ccc(Nc3ccc(Nc4ccc(N)cc4)cc3)cc2)cc1. The van der Waals surface area contributed by atoms with Crippen molar-refractivity contribution in [2.24, 2.45) is 0 Å². The fraction of sp³-hybridized carbons (Fsp3) is 0. The van der Waals surface area contributed by atoms with E-state index in [1.165, 1.54) is 0 Å². The van der Waals surface area contributed by atoms with Gasteiger partial charge in [-0.15, -0.1) is 0 Å². The summed E-state index contributed by atoms with van der Waals surface area (Å²) in [6.45, 7) is 0. The Balaban J connectivity index is 1.36. The van der Waals surface area contributed by atoms with Crippen LogP contribution in [0.2, 0.25) is 0 Å². The van der Waals surface area contributed by atoms with Gasteiger partial charge in [0.05, 0.1) is 0 Å². The molecule has 0 bridgehead atoms. The van der Waals surface area contributed by atoms with E-state index < -0.39 is 0 Å². The summed E-state index contributed by atoms with van der Waals surface area (Å²) in [6, 6.07) is 31.7. The molecule has 0 aromatic heterocycles. The predicted octanol–water partition coefficient (Wildman–Crippen LogP) is 6.08. The molecule has 0 fully saturated rings. The van der Waals surface area contributed by atoms with E-state index in [0.717, 1.165) is 45.5 Å². The second-order valence-corrected chi connectivity index (χ2v) is 6.77. The van der Waals surface area contributed by atoms with Gasteiger partial charge in [-0.2, -0.15) is 0 Å². The third-order valence-corrected chi connectivity index (χ3v) is 4.46. The van der Waals surface area contributed by atoms with E-state index in [1.54, 1.807) is 0 Å². The van der Waals surface area contributed by atoms with Crippen molar-refractivity contribution in [1.29, 1.82) is 0 Å². The molecule has 144 valence electrons. The summed E-state index contributed by atoms with van der Waals surface area (Å²) in [6.07, 6.45) is 0. The maximum absolute atomic E-state index is 5.72. The second kappa shape index (κ2) is 8.27. The Kier molecular flexibility index (Phi) is 5.21. The molecule has 0 spiro atoms. The van der Waals surface area contributed by atoms with Crippen LogP contribution in [0.3, 0.4) is 0 Å². The van der Waals surface area contributed by atoms with Gasteiger partial charge in [-0.25, -0.2) is 0 Å². The zero-order valence-electron chi connectivity index (χ0n) is 15.9. The summed E-state index contributed by atoms with van der Waals surface area (Å²) < 4.78 is 0. The summed E-state index contributed by atoms with van der Waals surface area (Å²) in [5.41, 5.74) is 19.0. The topological polar surface area (TPSA) is 88.1 Å². The Hall–Kier alpha value is -4.12. The molecule has 7 N–H and O–H groups in total. The van der Waals surface area contributed by atoms with E-state index in [0.29, 0.717) is 0 Å². The molecule has 0 amide bonds. The summed E-state index contributed by atoms with van der Waals surface area (Å²) in [5.74, 6) is 0. The Morgan fingerprint density at radius 1 is 0.310 bits per heavy atom. The van der Waals surface area contributed by atoms with Gasteiger partial charge >= 0.3 is 0 Å². The van der Waals surface area contributed by atoms with E-state index in [9.17, 15) is 0 Å². The lowest BCUT2D eigenvalue weighted by Crippen LogP contribution is -1.94. The number of anilines is 8. The highest BCUT2D eigenvalue weighted by molar-refractivity contribution is 5.69. The Morgan fingerprint density at radius 3 is 0.690 bits per heavy atom. The number of nitrogens with one attached hydrogen (secondary N) is 3. The van der Waals surface area contributed by atoms with Gasteiger partial charge in [0.2, 0.25) is 0 Å². The van der Waals surface area contributed by atoms with Crippen molar-refractivity contribution < 1.29 is 0 Å². The quantitative estimate of drug-likeness (QED) is 0.261. The van der Waals surface area contributed by atoms with Crippen LogP contribution >= 0.6 is 0 Å². The highest BCUT2D eigenvalue weighted by Gasteiger charge is 1.99. The zero-order valence-corrected chi connectivity index (χ0v) is 15.9. The van der Waals surface area contributed by atoms with Crippen LogP contribution in [0.4, 0.5) is 45.5 Å². The van der Waals surface area contributed by atoms with Crippen molar-refractivity contribution in [2.75, 3.05) is 27.4 Å². The van der Waals surface area contributed by atoms with Gasteiger partial charge in [-0.05, 0) is 97.1 Å². The number of nitrogen functional groups attached to an aromatic ring is 2. The van der Waals surface area contributed by atoms with E-state index in [1.807, 2.05) is 97.1 Å². The number of rotatable bonds is 6. The molecule has 5 nitrogen and oxygen atoms in total. The highest BCUT2D eigenvalue weighted by Crippen LogP contribution is 2.24. The molecule has 0 unspecified atom stereocenters.